The van der Waals surface area contributed by atoms with E-state index in [1.54, 1.807) is 12.1 Å². The number of fused-ring (bicyclic) bond motifs is 1. The third-order valence-corrected chi connectivity index (χ3v) is 8.37. The molecule has 2 heterocycles. The molecule has 0 N–H and O–H groups in total. The van der Waals surface area contributed by atoms with Crippen LogP contribution in [-0.4, -0.2) is 60.8 Å². The van der Waals surface area contributed by atoms with Crippen molar-refractivity contribution >= 4 is 15.7 Å². The van der Waals surface area contributed by atoms with Crippen LogP contribution in [0.5, 0.6) is 0 Å². The molecule has 0 unspecified atom stereocenters. The molecule has 0 aliphatic carbocycles. The second-order valence-electron chi connectivity index (χ2n) is 8.18. The van der Waals surface area contributed by atoms with Crippen molar-refractivity contribution in [2.24, 2.45) is 0 Å². The third kappa shape index (κ3) is 4.38. The van der Waals surface area contributed by atoms with Gasteiger partial charge in [-0.05, 0) is 44.0 Å². The number of likely N-dealkylation sites (tertiary alicyclic amines) is 1. The Morgan fingerprint density at radius 1 is 1.00 bits per heavy atom. The number of carbonyl (C=O) groups is 1. The number of hydrogen-bond acceptors (Lipinski definition) is 4. The highest BCUT2D eigenvalue weighted by Gasteiger charge is 2.44. The van der Waals surface area contributed by atoms with Gasteiger partial charge < -0.3 is 4.90 Å². The molecule has 2 saturated heterocycles. The van der Waals surface area contributed by atoms with E-state index in [2.05, 4.69) is 36.1 Å². The van der Waals surface area contributed by atoms with Gasteiger partial charge in [0, 0.05) is 25.2 Å². The normalized spacial score (nSPS) is 24.5. The predicted molar refractivity (Wildman–Crippen MR) is 115 cm³/mol. The summed E-state index contributed by atoms with van der Waals surface area (Å²) in [5.41, 5.74) is 3.11. The van der Waals surface area contributed by atoms with Crippen LogP contribution >= 0.6 is 0 Å². The highest BCUT2D eigenvalue weighted by Crippen LogP contribution is 2.29. The lowest BCUT2D eigenvalue weighted by Gasteiger charge is -2.40. The Morgan fingerprint density at radius 3 is 2.52 bits per heavy atom. The molecule has 0 spiro atoms. The SMILES string of the molecule is Cc1cccc(CN2CC[C@H]3[C@H](CC2)S(=O)(=O)CCN3C(=O)c2ccccc2)c1. The van der Waals surface area contributed by atoms with E-state index >= 15 is 0 Å². The molecule has 4 rings (SSSR count). The Balaban J connectivity index is 1.54. The van der Waals surface area contributed by atoms with Crippen molar-refractivity contribution in [1.82, 2.24) is 9.80 Å². The first kappa shape index (κ1) is 20.1. The van der Waals surface area contributed by atoms with Gasteiger partial charge in [-0.2, -0.15) is 0 Å². The van der Waals surface area contributed by atoms with Crippen LogP contribution in [-0.2, 0) is 16.4 Å². The monoisotopic (exact) mass is 412 g/mol. The van der Waals surface area contributed by atoms with Crippen molar-refractivity contribution in [1.29, 1.82) is 0 Å². The van der Waals surface area contributed by atoms with E-state index in [4.69, 9.17) is 0 Å². The third-order valence-electron chi connectivity index (χ3n) is 6.15. The number of nitrogens with zero attached hydrogens (tertiary/aromatic N) is 2. The fraction of sp³-hybridized carbons (Fsp3) is 0.435. The van der Waals surface area contributed by atoms with Crippen LogP contribution in [0.25, 0.3) is 0 Å². The average molecular weight is 413 g/mol. The van der Waals surface area contributed by atoms with Gasteiger partial charge in [-0.15, -0.1) is 0 Å². The molecule has 0 bridgehead atoms. The van der Waals surface area contributed by atoms with Crippen molar-refractivity contribution in [3.05, 3.63) is 71.3 Å². The van der Waals surface area contributed by atoms with Gasteiger partial charge in [-0.25, -0.2) is 8.42 Å². The summed E-state index contributed by atoms with van der Waals surface area (Å²) in [6.45, 7) is 4.72. The zero-order chi connectivity index (χ0) is 20.4. The Kier molecular flexibility index (Phi) is 5.74. The topological polar surface area (TPSA) is 57.7 Å². The Hall–Kier alpha value is -2.18. The predicted octanol–water partition coefficient (Wildman–Crippen LogP) is 2.90. The number of aryl methyl sites for hydroxylation is 1. The molecule has 0 aromatic heterocycles. The van der Waals surface area contributed by atoms with Crippen LogP contribution in [0.2, 0.25) is 0 Å². The van der Waals surface area contributed by atoms with E-state index in [0.717, 1.165) is 19.6 Å². The van der Waals surface area contributed by atoms with E-state index < -0.39 is 15.1 Å². The molecule has 2 atom stereocenters. The maximum atomic E-state index is 13.1. The molecule has 154 valence electrons. The van der Waals surface area contributed by atoms with E-state index in [1.165, 1.54) is 11.1 Å². The molecule has 2 aromatic carbocycles. The summed E-state index contributed by atoms with van der Waals surface area (Å²) >= 11 is 0. The van der Waals surface area contributed by atoms with Gasteiger partial charge in [0.15, 0.2) is 9.84 Å². The van der Waals surface area contributed by atoms with Crippen LogP contribution in [0, 0.1) is 6.92 Å². The minimum atomic E-state index is -3.18. The highest BCUT2D eigenvalue weighted by molar-refractivity contribution is 7.92. The number of benzene rings is 2. The van der Waals surface area contributed by atoms with E-state index in [0.29, 0.717) is 18.4 Å². The summed E-state index contributed by atoms with van der Waals surface area (Å²) in [6, 6.07) is 17.4. The first-order valence-electron chi connectivity index (χ1n) is 10.3. The van der Waals surface area contributed by atoms with Gasteiger partial charge in [0.05, 0.1) is 17.0 Å². The summed E-state index contributed by atoms with van der Waals surface area (Å²) in [5.74, 6) is 0.00702. The lowest BCUT2D eigenvalue weighted by molar-refractivity contribution is 0.0665. The fourth-order valence-electron chi connectivity index (χ4n) is 4.66. The fourth-order valence-corrected chi connectivity index (χ4v) is 6.64. The zero-order valence-corrected chi connectivity index (χ0v) is 17.6. The number of sulfone groups is 1. The van der Waals surface area contributed by atoms with Crippen LogP contribution in [0.15, 0.2) is 54.6 Å². The average Bonchev–Trinajstić information content (AvgIpc) is 2.92. The summed E-state index contributed by atoms with van der Waals surface area (Å²) in [7, 11) is -3.18. The molecule has 2 aromatic rings. The lowest BCUT2D eigenvalue weighted by atomic mass is 10.0. The first-order valence-corrected chi connectivity index (χ1v) is 12.0. The molecule has 1 amide bonds. The minimum absolute atomic E-state index is 0.0531. The summed E-state index contributed by atoms with van der Waals surface area (Å²) in [5, 5.41) is -0.466. The second kappa shape index (κ2) is 8.28. The number of carbonyl (C=O) groups excluding carboxylic acids is 1. The number of rotatable bonds is 3. The van der Waals surface area contributed by atoms with Crippen molar-refractivity contribution in [3.8, 4) is 0 Å². The lowest BCUT2D eigenvalue weighted by Crippen LogP contribution is -2.56. The first-order chi connectivity index (χ1) is 13.9. The van der Waals surface area contributed by atoms with Crippen LogP contribution in [0.3, 0.4) is 0 Å². The largest absolute Gasteiger partial charge is 0.333 e. The molecule has 2 aliphatic rings. The van der Waals surface area contributed by atoms with Gasteiger partial charge >= 0.3 is 0 Å². The van der Waals surface area contributed by atoms with Crippen LogP contribution < -0.4 is 0 Å². The molecule has 2 fully saturated rings. The molecular weight excluding hydrogens is 384 g/mol. The Labute approximate surface area is 173 Å². The van der Waals surface area contributed by atoms with Crippen molar-refractivity contribution in [2.75, 3.05) is 25.4 Å². The van der Waals surface area contributed by atoms with Gasteiger partial charge in [0.25, 0.3) is 5.91 Å². The number of amides is 1. The standard InChI is InChI=1S/C23H28N2O3S/c1-18-6-5-7-19(16-18)17-24-12-10-21-22(11-13-24)29(27,28)15-14-25(21)23(26)20-8-3-2-4-9-20/h2-9,16,21-22H,10-15,17H2,1H3/t21-,22-/m0/s1. The van der Waals surface area contributed by atoms with Gasteiger partial charge in [0.1, 0.15) is 0 Å². The highest BCUT2D eigenvalue weighted by atomic mass is 32.2. The van der Waals surface area contributed by atoms with Gasteiger partial charge in [0.2, 0.25) is 0 Å². The number of hydrogen-bond donors (Lipinski definition) is 0. The smallest absolute Gasteiger partial charge is 0.254 e. The van der Waals surface area contributed by atoms with Crippen LogP contribution in [0.4, 0.5) is 0 Å². The van der Waals surface area contributed by atoms with E-state index in [1.807, 2.05) is 23.1 Å². The minimum Gasteiger partial charge on any atom is -0.333 e. The molecule has 5 nitrogen and oxygen atoms in total. The quantitative estimate of drug-likeness (QED) is 0.778. The molecule has 6 heteroatoms. The Morgan fingerprint density at radius 2 is 1.76 bits per heavy atom. The van der Waals surface area contributed by atoms with E-state index in [9.17, 15) is 13.2 Å². The molecule has 0 radical (unpaired) electrons. The second-order valence-corrected chi connectivity index (χ2v) is 10.5. The molecule has 29 heavy (non-hydrogen) atoms. The van der Waals surface area contributed by atoms with Crippen molar-refractivity contribution in [3.63, 3.8) is 0 Å². The summed E-state index contributed by atoms with van der Waals surface area (Å²) in [4.78, 5) is 17.2. The maximum Gasteiger partial charge on any atom is 0.254 e. The zero-order valence-electron chi connectivity index (χ0n) is 16.8. The van der Waals surface area contributed by atoms with Crippen molar-refractivity contribution in [2.45, 2.75) is 37.6 Å². The molecular formula is C23H28N2O3S. The van der Waals surface area contributed by atoms with Gasteiger partial charge in [-0.3, -0.25) is 9.69 Å². The Bertz CT molecular complexity index is 975. The maximum absolute atomic E-state index is 13.1. The van der Waals surface area contributed by atoms with E-state index in [-0.39, 0.29) is 24.2 Å². The van der Waals surface area contributed by atoms with Crippen LogP contribution in [0.1, 0.15) is 34.3 Å². The van der Waals surface area contributed by atoms with Crippen molar-refractivity contribution < 1.29 is 13.2 Å². The molecule has 0 saturated carbocycles. The summed E-state index contributed by atoms with van der Waals surface area (Å²) < 4.78 is 25.7. The van der Waals surface area contributed by atoms with Gasteiger partial charge in [-0.1, -0.05) is 48.0 Å². The summed E-state index contributed by atoms with van der Waals surface area (Å²) in [6.07, 6.45) is 1.27. The molecule has 2 aliphatic heterocycles.